The summed E-state index contributed by atoms with van der Waals surface area (Å²) in [5.74, 6) is 0.915. The fourth-order valence-corrected chi connectivity index (χ4v) is 2.17. The van der Waals surface area contributed by atoms with Crippen LogP contribution in [0.15, 0.2) is 6.07 Å². The molecule has 3 nitrogen and oxygen atoms in total. The van der Waals surface area contributed by atoms with Crippen molar-refractivity contribution in [1.82, 2.24) is 4.98 Å². The van der Waals surface area contributed by atoms with E-state index in [4.69, 9.17) is 0 Å². The summed E-state index contributed by atoms with van der Waals surface area (Å²) in [7, 11) is 3.94. The molecule has 0 bridgehead atoms. The second-order valence-electron chi connectivity index (χ2n) is 4.34. The van der Waals surface area contributed by atoms with Gasteiger partial charge in [-0.3, -0.25) is 0 Å². The van der Waals surface area contributed by atoms with E-state index in [1.165, 1.54) is 24.1 Å². The molecular weight excluding hydrogens is 188 g/mol. The Labute approximate surface area is 90.8 Å². The largest absolute Gasteiger partial charge is 0.392 e. The van der Waals surface area contributed by atoms with Crippen LogP contribution in [0.25, 0.3) is 0 Å². The third-order valence-corrected chi connectivity index (χ3v) is 2.95. The second-order valence-corrected chi connectivity index (χ2v) is 4.34. The Balaban J connectivity index is 2.46. The van der Waals surface area contributed by atoms with Crippen LogP contribution in [0, 0.1) is 0 Å². The third-order valence-electron chi connectivity index (χ3n) is 2.95. The van der Waals surface area contributed by atoms with E-state index >= 15 is 0 Å². The number of anilines is 1. The van der Waals surface area contributed by atoms with Gasteiger partial charge in [0, 0.05) is 25.4 Å². The monoisotopic (exact) mass is 206 g/mol. The number of aryl methyl sites for hydroxylation is 2. The molecule has 1 N–H and O–H groups in total. The maximum absolute atomic E-state index is 9.30. The number of aliphatic hydroxyl groups excluding tert-OH is 1. The summed E-state index contributed by atoms with van der Waals surface area (Å²) >= 11 is 0. The van der Waals surface area contributed by atoms with Crippen molar-refractivity contribution in [3.05, 3.63) is 22.9 Å². The van der Waals surface area contributed by atoms with Crippen LogP contribution in [0.5, 0.6) is 0 Å². The average molecular weight is 206 g/mol. The summed E-state index contributed by atoms with van der Waals surface area (Å²) < 4.78 is 0. The second kappa shape index (κ2) is 4.19. The summed E-state index contributed by atoms with van der Waals surface area (Å²) in [4.78, 5) is 6.62. The lowest BCUT2D eigenvalue weighted by Gasteiger charge is -2.21. The zero-order valence-corrected chi connectivity index (χ0v) is 9.45. The van der Waals surface area contributed by atoms with E-state index in [1.807, 2.05) is 19.0 Å². The van der Waals surface area contributed by atoms with Crippen LogP contribution in [-0.2, 0) is 19.4 Å². The van der Waals surface area contributed by atoms with Gasteiger partial charge in [0.05, 0.1) is 6.61 Å². The van der Waals surface area contributed by atoms with Crippen LogP contribution in [0.3, 0.4) is 0 Å². The highest BCUT2D eigenvalue weighted by Crippen LogP contribution is 2.25. The molecule has 1 aliphatic carbocycles. The van der Waals surface area contributed by atoms with Crippen molar-refractivity contribution in [2.45, 2.75) is 32.3 Å². The molecule has 82 valence electrons. The zero-order chi connectivity index (χ0) is 10.8. The van der Waals surface area contributed by atoms with E-state index in [9.17, 15) is 5.11 Å². The average Bonchev–Trinajstić information content (AvgIpc) is 2.27. The molecule has 0 spiro atoms. The van der Waals surface area contributed by atoms with Crippen LogP contribution in [0.2, 0.25) is 0 Å². The van der Waals surface area contributed by atoms with Crippen LogP contribution in [-0.4, -0.2) is 24.2 Å². The van der Waals surface area contributed by atoms with Gasteiger partial charge >= 0.3 is 0 Å². The van der Waals surface area contributed by atoms with E-state index in [0.29, 0.717) is 0 Å². The Morgan fingerprint density at radius 1 is 1.33 bits per heavy atom. The molecule has 0 aliphatic heterocycles. The van der Waals surface area contributed by atoms with E-state index in [1.54, 1.807) is 0 Å². The molecule has 0 atom stereocenters. The Morgan fingerprint density at radius 2 is 2.07 bits per heavy atom. The molecule has 15 heavy (non-hydrogen) atoms. The molecule has 0 unspecified atom stereocenters. The number of pyridine rings is 1. The number of fused-ring (bicyclic) bond motifs is 1. The molecule has 2 rings (SSSR count). The van der Waals surface area contributed by atoms with Gasteiger partial charge in [-0.1, -0.05) is 0 Å². The minimum atomic E-state index is 0.0772. The lowest BCUT2D eigenvalue weighted by molar-refractivity contribution is 0.281. The standard InChI is InChI=1S/C12H18N2O/c1-14(2)12-10(8-15)7-9-5-3-4-6-11(9)13-12/h7,15H,3-6,8H2,1-2H3. The molecule has 1 aromatic heterocycles. The molecule has 1 aromatic rings. The fourth-order valence-electron chi connectivity index (χ4n) is 2.17. The molecule has 1 heterocycles. The van der Waals surface area contributed by atoms with Crippen molar-refractivity contribution in [3.63, 3.8) is 0 Å². The number of hydrogen-bond donors (Lipinski definition) is 1. The lowest BCUT2D eigenvalue weighted by atomic mass is 9.95. The third kappa shape index (κ3) is 1.97. The predicted molar refractivity (Wildman–Crippen MR) is 61.1 cm³/mol. The highest BCUT2D eigenvalue weighted by atomic mass is 16.3. The molecule has 0 amide bonds. The van der Waals surface area contributed by atoms with E-state index in [-0.39, 0.29) is 6.61 Å². The van der Waals surface area contributed by atoms with Crippen LogP contribution in [0.1, 0.15) is 29.7 Å². The zero-order valence-electron chi connectivity index (χ0n) is 9.45. The summed E-state index contributed by atoms with van der Waals surface area (Å²) in [6.45, 7) is 0.0772. The quantitative estimate of drug-likeness (QED) is 0.797. The van der Waals surface area contributed by atoms with Crippen LogP contribution >= 0.6 is 0 Å². The van der Waals surface area contributed by atoms with Gasteiger partial charge in [-0.05, 0) is 37.3 Å². The first-order valence-electron chi connectivity index (χ1n) is 5.52. The minimum Gasteiger partial charge on any atom is -0.392 e. The number of hydrogen-bond acceptors (Lipinski definition) is 3. The number of rotatable bonds is 2. The number of aromatic nitrogens is 1. The van der Waals surface area contributed by atoms with Gasteiger partial charge in [-0.25, -0.2) is 4.98 Å². The van der Waals surface area contributed by atoms with Gasteiger partial charge in [-0.2, -0.15) is 0 Å². The van der Waals surface area contributed by atoms with Crippen LogP contribution < -0.4 is 4.90 Å². The van der Waals surface area contributed by atoms with Gasteiger partial charge in [0.1, 0.15) is 5.82 Å². The molecule has 0 fully saturated rings. The SMILES string of the molecule is CN(C)c1nc2c(cc1CO)CCCC2. The van der Waals surface area contributed by atoms with Crippen molar-refractivity contribution in [1.29, 1.82) is 0 Å². The topological polar surface area (TPSA) is 36.4 Å². The summed E-state index contributed by atoms with van der Waals surface area (Å²) in [6.07, 6.45) is 4.69. The van der Waals surface area contributed by atoms with E-state index < -0.39 is 0 Å². The molecule has 0 radical (unpaired) electrons. The minimum absolute atomic E-state index is 0.0772. The summed E-state index contributed by atoms with van der Waals surface area (Å²) in [5.41, 5.74) is 3.50. The number of nitrogens with zero attached hydrogens (tertiary/aromatic N) is 2. The Bertz CT molecular complexity index is 361. The van der Waals surface area contributed by atoms with Crippen LogP contribution in [0.4, 0.5) is 5.82 Å². The number of aliphatic hydroxyl groups is 1. The molecule has 0 aromatic carbocycles. The van der Waals surface area contributed by atoms with Crippen molar-refractivity contribution in [2.24, 2.45) is 0 Å². The highest BCUT2D eigenvalue weighted by molar-refractivity contribution is 5.49. The van der Waals surface area contributed by atoms with E-state index in [0.717, 1.165) is 24.2 Å². The van der Waals surface area contributed by atoms with Gasteiger partial charge in [0.25, 0.3) is 0 Å². The molecule has 3 heteroatoms. The predicted octanol–water partition coefficient (Wildman–Crippen LogP) is 1.52. The van der Waals surface area contributed by atoms with E-state index in [2.05, 4.69) is 11.1 Å². The molecule has 1 aliphatic rings. The van der Waals surface area contributed by atoms with Gasteiger partial charge in [0.2, 0.25) is 0 Å². The molecule has 0 saturated heterocycles. The van der Waals surface area contributed by atoms with Crippen molar-refractivity contribution >= 4 is 5.82 Å². The first kappa shape index (κ1) is 10.4. The van der Waals surface area contributed by atoms with Gasteiger partial charge < -0.3 is 10.0 Å². The first-order valence-corrected chi connectivity index (χ1v) is 5.52. The first-order chi connectivity index (χ1) is 7.22. The fraction of sp³-hybridized carbons (Fsp3) is 0.583. The van der Waals surface area contributed by atoms with Crippen molar-refractivity contribution in [3.8, 4) is 0 Å². The normalized spacial score (nSPS) is 14.9. The Morgan fingerprint density at radius 3 is 2.73 bits per heavy atom. The van der Waals surface area contributed by atoms with Crippen molar-refractivity contribution in [2.75, 3.05) is 19.0 Å². The maximum atomic E-state index is 9.30. The lowest BCUT2D eigenvalue weighted by Crippen LogP contribution is -2.17. The Hall–Kier alpha value is -1.09. The Kier molecular flexibility index (Phi) is 2.91. The summed E-state index contributed by atoms with van der Waals surface area (Å²) in [5, 5.41) is 9.30. The maximum Gasteiger partial charge on any atom is 0.133 e. The molecular formula is C12H18N2O. The highest BCUT2D eigenvalue weighted by Gasteiger charge is 2.15. The smallest absolute Gasteiger partial charge is 0.133 e. The van der Waals surface area contributed by atoms with Crippen molar-refractivity contribution < 1.29 is 5.11 Å². The summed E-state index contributed by atoms with van der Waals surface area (Å²) in [6, 6.07) is 2.12. The van der Waals surface area contributed by atoms with Gasteiger partial charge in [-0.15, -0.1) is 0 Å². The van der Waals surface area contributed by atoms with Gasteiger partial charge in [0.15, 0.2) is 0 Å². The molecule has 0 saturated carbocycles.